The Bertz CT molecular complexity index is 698. The predicted molar refractivity (Wildman–Crippen MR) is 105 cm³/mol. The molecule has 1 aromatic carbocycles. The summed E-state index contributed by atoms with van der Waals surface area (Å²) in [6.07, 6.45) is 4.96. The Hall–Kier alpha value is -1.99. The van der Waals surface area contributed by atoms with Crippen molar-refractivity contribution in [1.29, 1.82) is 0 Å². The van der Waals surface area contributed by atoms with Crippen LogP contribution in [0.2, 0.25) is 0 Å². The lowest BCUT2D eigenvalue weighted by Crippen LogP contribution is -2.48. The van der Waals surface area contributed by atoms with E-state index < -0.39 is 5.91 Å². The number of rotatable bonds is 5. The molecule has 8 heteroatoms. The quantitative estimate of drug-likeness (QED) is 0.704. The Morgan fingerprint density at radius 2 is 1.63 bits per heavy atom. The van der Waals surface area contributed by atoms with Gasteiger partial charge in [-0.2, -0.15) is 0 Å². The second kappa shape index (κ2) is 8.80. The number of nitrogens with one attached hydrogen (secondary N) is 1. The van der Waals surface area contributed by atoms with Crippen molar-refractivity contribution >= 4 is 29.9 Å². The summed E-state index contributed by atoms with van der Waals surface area (Å²) in [5, 5.41) is 2.88. The van der Waals surface area contributed by atoms with Gasteiger partial charge in [-0.1, -0.05) is 6.42 Å². The van der Waals surface area contributed by atoms with Crippen LogP contribution in [-0.2, 0) is 4.79 Å². The fourth-order valence-corrected chi connectivity index (χ4v) is 4.42. The van der Waals surface area contributed by atoms with Gasteiger partial charge in [-0.3, -0.25) is 9.59 Å². The van der Waals surface area contributed by atoms with Crippen molar-refractivity contribution in [3.8, 4) is 11.5 Å². The maximum absolute atomic E-state index is 12.9. The second-order valence-electron chi connectivity index (χ2n) is 7.30. The van der Waals surface area contributed by atoms with Gasteiger partial charge in [0.1, 0.15) is 0 Å². The molecule has 0 aliphatic heterocycles. The van der Waals surface area contributed by atoms with Crippen molar-refractivity contribution in [2.24, 2.45) is 29.2 Å². The molecule has 3 rings (SSSR count). The van der Waals surface area contributed by atoms with Gasteiger partial charge in [0.15, 0.2) is 11.5 Å². The van der Waals surface area contributed by atoms with E-state index in [9.17, 15) is 9.59 Å². The van der Waals surface area contributed by atoms with E-state index in [0.29, 0.717) is 29.0 Å². The maximum Gasteiger partial charge on any atom is 0.250 e. The SMILES string of the molecule is COc1cc(NC(=O)C2CC3CCCC(C2)C3N)c(C(N)=O)cc1OC.Cl. The number of nitrogens with two attached hydrogens (primary N) is 2. The first-order valence-electron chi connectivity index (χ1n) is 9.06. The van der Waals surface area contributed by atoms with E-state index in [1.165, 1.54) is 26.7 Å². The number of carbonyl (C=O) groups is 2. The number of ether oxygens (including phenoxy) is 2. The molecule has 2 bridgehead atoms. The maximum atomic E-state index is 12.9. The van der Waals surface area contributed by atoms with Gasteiger partial charge in [0.2, 0.25) is 5.91 Å². The summed E-state index contributed by atoms with van der Waals surface area (Å²) in [6, 6.07) is 3.27. The molecule has 2 aliphatic carbocycles. The number of halogens is 1. The Kier molecular flexibility index (Phi) is 6.95. The van der Waals surface area contributed by atoms with Crippen LogP contribution in [0.5, 0.6) is 11.5 Å². The van der Waals surface area contributed by atoms with E-state index in [-0.39, 0.29) is 35.8 Å². The van der Waals surface area contributed by atoms with Crippen LogP contribution >= 0.6 is 12.4 Å². The van der Waals surface area contributed by atoms with Gasteiger partial charge in [-0.05, 0) is 43.6 Å². The van der Waals surface area contributed by atoms with Crippen LogP contribution in [0.25, 0.3) is 0 Å². The molecule has 0 radical (unpaired) electrons. The number of carbonyl (C=O) groups excluding carboxylic acids is 2. The Balaban J connectivity index is 0.00000261. The highest BCUT2D eigenvalue weighted by Crippen LogP contribution is 2.42. The molecule has 2 unspecified atom stereocenters. The van der Waals surface area contributed by atoms with Crippen molar-refractivity contribution < 1.29 is 19.1 Å². The summed E-state index contributed by atoms with van der Waals surface area (Å²) < 4.78 is 10.5. The zero-order valence-electron chi connectivity index (χ0n) is 15.7. The topological polar surface area (TPSA) is 117 Å². The molecule has 150 valence electrons. The van der Waals surface area contributed by atoms with E-state index in [1.54, 1.807) is 6.07 Å². The highest BCUT2D eigenvalue weighted by atomic mass is 35.5. The van der Waals surface area contributed by atoms with E-state index in [4.69, 9.17) is 20.9 Å². The zero-order chi connectivity index (χ0) is 18.8. The van der Waals surface area contributed by atoms with Gasteiger partial charge in [-0.15, -0.1) is 12.4 Å². The molecule has 2 saturated carbocycles. The normalized spacial score (nSPS) is 26.5. The molecule has 2 aliphatic rings. The monoisotopic (exact) mass is 397 g/mol. The smallest absolute Gasteiger partial charge is 0.250 e. The standard InChI is InChI=1S/C19H27N3O4.ClH/c1-25-15-8-13(18(21)23)14(9-16(15)26-2)22-19(24)12-6-10-4-3-5-11(7-12)17(10)20;/h8-12,17H,3-7,20H2,1-2H3,(H2,21,23)(H,22,24);1H. The number of anilines is 1. The summed E-state index contributed by atoms with van der Waals surface area (Å²) in [7, 11) is 2.97. The molecule has 0 aromatic heterocycles. The highest BCUT2D eigenvalue weighted by Gasteiger charge is 2.40. The Morgan fingerprint density at radius 3 is 2.15 bits per heavy atom. The van der Waals surface area contributed by atoms with Gasteiger partial charge in [0, 0.05) is 18.0 Å². The van der Waals surface area contributed by atoms with Crippen LogP contribution < -0.4 is 26.3 Å². The Labute approximate surface area is 165 Å². The highest BCUT2D eigenvalue weighted by molar-refractivity contribution is 6.04. The van der Waals surface area contributed by atoms with Crippen molar-refractivity contribution in [3.05, 3.63) is 17.7 Å². The Morgan fingerprint density at radius 1 is 1.07 bits per heavy atom. The lowest BCUT2D eigenvalue weighted by molar-refractivity contribution is -0.122. The van der Waals surface area contributed by atoms with Crippen LogP contribution in [0.15, 0.2) is 12.1 Å². The number of primary amides is 1. The zero-order valence-corrected chi connectivity index (χ0v) is 16.5. The first kappa shape index (κ1) is 21.3. The molecule has 2 atom stereocenters. The molecular formula is C19H28ClN3O4. The van der Waals surface area contributed by atoms with Gasteiger partial charge in [0.05, 0.1) is 25.5 Å². The molecule has 7 nitrogen and oxygen atoms in total. The number of fused-ring (bicyclic) bond motifs is 2. The minimum Gasteiger partial charge on any atom is -0.493 e. The molecule has 2 amide bonds. The molecule has 27 heavy (non-hydrogen) atoms. The van der Waals surface area contributed by atoms with Crippen molar-refractivity contribution in [2.75, 3.05) is 19.5 Å². The van der Waals surface area contributed by atoms with Crippen LogP contribution in [0, 0.1) is 17.8 Å². The first-order chi connectivity index (χ1) is 12.4. The molecule has 0 spiro atoms. The third kappa shape index (κ3) is 4.30. The van der Waals surface area contributed by atoms with Gasteiger partial charge >= 0.3 is 0 Å². The molecular weight excluding hydrogens is 370 g/mol. The third-order valence-corrected chi connectivity index (χ3v) is 5.83. The summed E-state index contributed by atoms with van der Waals surface area (Å²) in [4.78, 5) is 24.7. The molecule has 2 fully saturated rings. The van der Waals surface area contributed by atoms with Crippen LogP contribution in [-0.4, -0.2) is 32.1 Å². The lowest BCUT2D eigenvalue weighted by atomic mass is 9.65. The molecule has 5 N–H and O–H groups in total. The number of hydrogen-bond acceptors (Lipinski definition) is 5. The molecule has 0 heterocycles. The summed E-state index contributed by atoms with van der Waals surface area (Å²) in [6.45, 7) is 0. The average molecular weight is 398 g/mol. The second-order valence-corrected chi connectivity index (χ2v) is 7.30. The number of methoxy groups -OCH3 is 2. The van der Waals surface area contributed by atoms with Crippen LogP contribution in [0.4, 0.5) is 5.69 Å². The van der Waals surface area contributed by atoms with E-state index in [0.717, 1.165) is 25.7 Å². The van der Waals surface area contributed by atoms with Crippen molar-refractivity contribution in [3.63, 3.8) is 0 Å². The van der Waals surface area contributed by atoms with Crippen molar-refractivity contribution in [1.82, 2.24) is 0 Å². The minimum atomic E-state index is -0.635. The fourth-order valence-electron chi connectivity index (χ4n) is 4.42. The van der Waals surface area contributed by atoms with Gasteiger partial charge < -0.3 is 26.3 Å². The molecule has 0 saturated heterocycles. The largest absolute Gasteiger partial charge is 0.493 e. The lowest BCUT2D eigenvalue weighted by Gasteiger charge is -2.43. The summed E-state index contributed by atoms with van der Waals surface area (Å²) in [5.74, 6) is 0.789. The van der Waals surface area contributed by atoms with Gasteiger partial charge in [-0.25, -0.2) is 0 Å². The van der Waals surface area contributed by atoms with E-state index in [1.807, 2.05) is 0 Å². The van der Waals surface area contributed by atoms with E-state index >= 15 is 0 Å². The number of hydrogen-bond donors (Lipinski definition) is 3. The van der Waals surface area contributed by atoms with Gasteiger partial charge in [0.25, 0.3) is 5.91 Å². The van der Waals surface area contributed by atoms with Crippen LogP contribution in [0.3, 0.4) is 0 Å². The average Bonchev–Trinajstić information content (AvgIpc) is 2.60. The minimum absolute atomic E-state index is 0. The van der Waals surface area contributed by atoms with Crippen LogP contribution in [0.1, 0.15) is 42.5 Å². The third-order valence-electron chi connectivity index (χ3n) is 5.83. The number of amides is 2. The summed E-state index contributed by atoms with van der Waals surface area (Å²) >= 11 is 0. The van der Waals surface area contributed by atoms with Crippen molar-refractivity contribution in [2.45, 2.75) is 38.1 Å². The fraction of sp³-hybridized carbons (Fsp3) is 0.579. The summed E-state index contributed by atoms with van der Waals surface area (Å²) in [5.41, 5.74) is 12.3. The first-order valence-corrected chi connectivity index (χ1v) is 9.06. The number of benzene rings is 1. The van der Waals surface area contributed by atoms with E-state index in [2.05, 4.69) is 5.32 Å². The molecule has 1 aromatic rings. The predicted octanol–water partition coefficient (Wildman–Crippen LogP) is 2.32.